The van der Waals surface area contributed by atoms with Crippen LogP contribution in [-0.2, 0) is 23.1 Å². The molecule has 1 unspecified atom stereocenters. The van der Waals surface area contributed by atoms with Gasteiger partial charge in [0.25, 0.3) is 5.91 Å². The van der Waals surface area contributed by atoms with Crippen LogP contribution >= 0.6 is 0 Å². The number of nitrogens with zero attached hydrogens (tertiary/aromatic N) is 8. The molecule has 0 radical (unpaired) electrons. The number of amides is 5. The van der Waals surface area contributed by atoms with Crippen LogP contribution in [0.25, 0.3) is 27.8 Å². The largest absolute Gasteiger partial charge is 0.345 e. The maximum Gasteiger partial charge on any atom is 0.329 e. The number of rotatable bonds is 10. The van der Waals surface area contributed by atoms with Crippen molar-refractivity contribution in [2.45, 2.75) is 62.8 Å². The normalized spacial score (nSPS) is 20.4. The third kappa shape index (κ3) is 6.01. The lowest BCUT2D eigenvalue weighted by Gasteiger charge is -2.39. The van der Waals surface area contributed by atoms with E-state index in [1.54, 1.807) is 35.0 Å². The van der Waals surface area contributed by atoms with E-state index in [0.29, 0.717) is 43.6 Å². The van der Waals surface area contributed by atoms with Crippen LogP contribution in [0.1, 0.15) is 60.2 Å². The van der Waals surface area contributed by atoms with Gasteiger partial charge < -0.3 is 15.5 Å². The molecule has 0 spiro atoms. The Balaban J connectivity index is 0.812. The van der Waals surface area contributed by atoms with Crippen LogP contribution in [-0.4, -0.2) is 94.0 Å². The Kier molecular flexibility index (Phi) is 8.11. The van der Waals surface area contributed by atoms with Crippen LogP contribution in [0.5, 0.6) is 0 Å². The second-order valence-electron chi connectivity index (χ2n) is 13.4. The average Bonchev–Trinajstić information content (AvgIpc) is 3.42. The van der Waals surface area contributed by atoms with Crippen molar-refractivity contribution in [1.82, 2.24) is 54.4 Å². The lowest BCUT2D eigenvalue weighted by atomic mass is 10.0. The van der Waals surface area contributed by atoms with Gasteiger partial charge in [0.1, 0.15) is 17.9 Å². The summed E-state index contributed by atoms with van der Waals surface area (Å²) in [7, 11) is 1.69. The van der Waals surface area contributed by atoms with Gasteiger partial charge in [-0.3, -0.25) is 33.5 Å². The van der Waals surface area contributed by atoms with Gasteiger partial charge in [-0.1, -0.05) is 12.1 Å². The fourth-order valence-electron chi connectivity index (χ4n) is 6.92. The first-order valence-corrected chi connectivity index (χ1v) is 17.0. The SMILES string of the molecule is Cn1c(=O)n(C2CCC(=O)NC2=O)c2cccc(CCCCNC(=O)N3CC(n4cc(-c5cnn6c(C(=O)N[C@@H]7C[C@@H]7F)cnc6c5)cn4)C3)c21. The zero-order chi connectivity index (χ0) is 35.4. The fraction of sp³-hybridized carbons (Fsp3) is 0.412. The van der Waals surface area contributed by atoms with E-state index in [2.05, 4.69) is 31.1 Å². The number of urea groups is 1. The minimum Gasteiger partial charge on any atom is -0.345 e. The molecule has 0 bridgehead atoms. The molecule has 3 N–H and O–H groups in total. The zero-order valence-corrected chi connectivity index (χ0v) is 27.8. The lowest BCUT2D eigenvalue weighted by Crippen LogP contribution is -2.54. The van der Waals surface area contributed by atoms with Crippen molar-refractivity contribution in [2.75, 3.05) is 19.6 Å². The summed E-state index contributed by atoms with van der Waals surface area (Å²) in [5, 5.41) is 16.8. The predicted molar refractivity (Wildman–Crippen MR) is 181 cm³/mol. The molecule has 5 amide bonds. The monoisotopic (exact) mass is 697 g/mol. The fourth-order valence-corrected chi connectivity index (χ4v) is 6.92. The van der Waals surface area contributed by atoms with Crippen molar-refractivity contribution >= 4 is 40.4 Å². The lowest BCUT2D eigenvalue weighted by molar-refractivity contribution is -0.135. The maximum atomic E-state index is 13.2. The molecule has 6 heterocycles. The molecular formula is C34H36FN11O5. The van der Waals surface area contributed by atoms with Crippen LogP contribution in [0.15, 0.2) is 53.8 Å². The molecule has 3 aliphatic rings. The van der Waals surface area contributed by atoms with Crippen LogP contribution in [0.3, 0.4) is 0 Å². The van der Waals surface area contributed by atoms with Gasteiger partial charge in [-0.15, -0.1) is 0 Å². The smallest absolute Gasteiger partial charge is 0.329 e. The highest BCUT2D eigenvalue weighted by Gasteiger charge is 2.39. The number of aromatic nitrogens is 7. The number of aryl methyl sites for hydroxylation is 2. The van der Waals surface area contributed by atoms with Crippen LogP contribution in [0, 0.1) is 0 Å². The molecule has 3 fully saturated rings. The first kappa shape index (κ1) is 32.3. The van der Waals surface area contributed by atoms with Gasteiger partial charge in [0.2, 0.25) is 11.8 Å². The summed E-state index contributed by atoms with van der Waals surface area (Å²) in [6.45, 7) is 1.54. The number of carbonyl (C=O) groups is 4. The molecule has 1 aromatic carbocycles. The van der Waals surface area contributed by atoms with Crippen molar-refractivity contribution in [2.24, 2.45) is 7.05 Å². The van der Waals surface area contributed by atoms with Crippen molar-refractivity contribution in [3.05, 3.63) is 70.8 Å². The molecule has 16 nitrogen and oxygen atoms in total. The van der Waals surface area contributed by atoms with Crippen molar-refractivity contribution in [1.29, 1.82) is 0 Å². The second kappa shape index (κ2) is 12.8. The number of imide groups is 1. The summed E-state index contributed by atoms with van der Waals surface area (Å²) in [4.78, 5) is 68.6. The number of likely N-dealkylation sites (tertiary alicyclic amines) is 1. The Hall–Kier alpha value is -5.87. The van der Waals surface area contributed by atoms with Gasteiger partial charge in [-0.05, 0) is 43.4 Å². The Labute approximate surface area is 289 Å². The Morgan fingerprint density at radius 3 is 2.65 bits per heavy atom. The van der Waals surface area contributed by atoms with E-state index >= 15 is 0 Å². The number of hydrogen-bond acceptors (Lipinski definition) is 8. The third-order valence-electron chi connectivity index (χ3n) is 9.94. The molecule has 17 heteroatoms. The number of benzene rings is 1. The van der Waals surface area contributed by atoms with Gasteiger partial charge >= 0.3 is 11.7 Å². The minimum absolute atomic E-state index is 0.0317. The van der Waals surface area contributed by atoms with E-state index in [9.17, 15) is 28.4 Å². The number of fused-ring (bicyclic) bond motifs is 2. The highest BCUT2D eigenvalue weighted by Crippen LogP contribution is 2.28. The first-order valence-electron chi connectivity index (χ1n) is 17.0. The van der Waals surface area contributed by atoms with Gasteiger partial charge in [-0.25, -0.2) is 23.5 Å². The Bertz CT molecular complexity index is 2260. The van der Waals surface area contributed by atoms with Crippen LogP contribution in [0.4, 0.5) is 9.18 Å². The highest BCUT2D eigenvalue weighted by atomic mass is 19.1. The standard InChI is InChI=1S/C34H36FN11O5/c1-42-30-19(6-4-7-25(30)45(34(42)51)26-8-9-29(47)41-31(26)48)5-2-3-10-36-33(50)43-17-22(18-43)44-16-21(14-38-44)20-11-28-37-15-27(46(28)39-13-20)32(49)40-24-12-23(24)35/h4,6-7,11,13-16,22-24,26H,2-3,5,8-10,12,17-18H2,1H3,(H,36,50)(H,40,49)(H,41,47,48)/t23-,24+,26?/m0/s1. The number of carbonyl (C=O) groups excluding carboxylic acids is 4. The van der Waals surface area contributed by atoms with E-state index in [1.165, 1.54) is 15.3 Å². The predicted octanol–water partition coefficient (Wildman–Crippen LogP) is 1.65. The molecule has 51 heavy (non-hydrogen) atoms. The molecule has 5 aromatic rings. The molecule has 264 valence electrons. The number of nitrogens with one attached hydrogen (secondary N) is 3. The summed E-state index contributed by atoms with van der Waals surface area (Å²) in [5.74, 6) is -1.20. The molecule has 1 saturated carbocycles. The van der Waals surface area contributed by atoms with E-state index in [0.717, 1.165) is 35.0 Å². The minimum atomic E-state index is -0.998. The summed E-state index contributed by atoms with van der Waals surface area (Å²) >= 11 is 0. The summed E-state index contributed by atoms with van der Waals surface area (Å²) in [5.41, 5.74) is 4.44. The molecule has 1 aliphatic carbocycles. The molecule has 2 aliphatic heterocycles. The van der Waals surface area contributed by atoms with E-state index in [1.807, 2.05) is 29.1 Å². The van der Waals surface area contributed by atoms with Crippen LogP contribution in [0.2, 0.25) is 0 Å². The molecular weight excluding hydrogens is 661 g/mol. The van der Waals surface area contributed by atoms with Gasteiger partial charge in [0, 0.05) is 56.8 Å². The molecule has 8 rings (SSSR count). The number of para-hydroxylation sites is 1. The number of unbranched alkanes of at least 4 members (excludes halogenated alkanes) is 1. The van der Waals surface area contributed by atoms with Crippen molar-refractivity contribution in [3.8, 4) is 11.1 Å². The number of hydrogen-bond donors (Lipinski definition) is 3. The average molecular weight is 698 g/mol. The van der Waals surface area contributed by atoms with Crippen molar-refractivity contribution < 1.29 is 23.6 Å². The van der Waals surface area contributed by atoms with Gasteiger partial charge in [0.15, 0.2) is 5.65 Å². The van der Waals surface area contributed by atoms with Crippen LogP contribution < -0.4 is 21.6 Å². The first-order chi connectivity index (χ1) is 24.7. The second-order valence-corrected chi connectivity index (χ2v) is 13.4. The number of halogens is 1. The summed E-state index contributed by atoms with van der Waals surface area (Å²) in [6.07, 6.45) is 8.68. The summed E-state index contributed by atoms with van der Waals surface area (Å²) < 4.78 is 19.5. The van der Waals surface area contributed by atoms with Gasteiger partial charge in [0.05, 0.1) is 41.7 Å². The van der Waals surface area contributed by atoms with E-state index in [4.69, 9.17) is 0 Å². The van der Waals surface area contributed by atoms with Gasteiger partial charge in [-0.2, -0.15) is 10.2 Å². The third-order valence-corrected chi connectivity index (χ3v) is 9.94. The molecule has 2 saturated heterocycles. The highest BCUT2D eigenvalue weighted by molar-refractivity contribution is 6.00. The Morgan fingerprint density at radius 1 is 1.06 bits per heavy atom. The van der Waals surface area contributed by atoms with Crippen molar-refractivity contribution in [3.63, 3.8) is 0 Å². The maximum absolute atomic E-state index is 13.2. The quantitative estimate of drug-likeness (QED) is 0.145. The zero-order valence-electron chi connectivity index (χ0n) is 27.8. The number of piperidine rings is 1. The molecule has 3 atom stereocenters. The van der Waals surface area contributed by atoms with E-state index < -0.39 is 30.1 Å². The summed E-state index contributed by atoms with van der Waals surface area (Å²) in [6, 6.07) is 6.19. The number of alkyl halides is 1. The Morgan fingerprint density at radius 2 is 1.86 bits per heavy atom. The topological polar surface area (TPSA) is 183 Å². The van der Waals surface area contributed by atoms with E-state index in [-0.39, 0.29) is 42.2 Å². The number of imidazole rings is 2. The molecule has 4 aromatic heterocycles.